The smallest absolute Gasteiger partial charge is 0.0812 e. The molecule has 2 N–H and O–H groups in total. The van der Waals surface area contributed by atoms with Gasteiger partial charge in [-0.1, -0.05) is 6.92 Å². The minimum Gasteiger partial charge on any atom is -0.373 e. The van der Waals surface area contributed by atoms with Gasteiger partial charge in [0, 0.05) is 25.2 Å². The Bertz CT molecular complexity index is 275. The third kappa shape index (κ3) is 3.94. The van der Waals surface area contributed by atoms with Gasteiger partial charge in [-0.3, -0.25) is 0 Å². The highest BCUT2D eigenvalue weighted by Crippen LogP contribution is 2.39. The molecule has 0 aromatic carbocycles. The number of hydrogen-bond acceptors (Lipinski definition) is 4. The number of rotatable bonds is 10. The van der Waals surface area contributed by atoms with Gasteiger partial charge in [-0.05, 0) is 43.4 Å². The summed E-state index contributed by atoms with van der Waals surface area (Å²) in [6.07, 6.45) is 6.36. The van der Waals surface area contributed by atoms with Gasteiger partial charge in [-0.2, -0.15) is 0 Å². The molecule has 0 amide bonds. The molecular formula is C16H28N2O2. The number of epoxide rings is 2. The zero-order valence-electron chi connectivity index (χ0n) is 12.5. The van der Waals surface area contributed by atoms with Crippen LogP contribution in [0.4, 0.5) is 0 Å². The quantitative estimate of drug-likeness (QED) is 0.589. The van der Waals surface area contributed by atoms with Crippen molar-refractivity contribution >= 4 is 0 Å². The van der Waals surface area contributed by atoms with Crippen molar-refractivity contribution in [3.63, 3.8) is 0 Å². The summed E-state index contributed by atoms with van der Waals surface area (Å²) in [5.74, 6) is 2.45. The van der Waals surface area contributed by atoms with Crippen molar-refractivity contribution in [2.24, 2.45) is 17.8 Å². The molecule has 114 valence electrons. The van der Waals surface area contributed by atoms with Crippen LogP contribution >= 0.6 is 0 Å². The van der Waals surface area contributed by atoms with Gasteiger partial charge in [0.05, 0.1) is 25.4 Å². The molecule has 4 nitrogen and oxygen atoms in total. The first-order valence-electron chi connectivity index (χ1n) is 8.48. The van der Waals surface area contributed by atoms with Crippen LogP contribution in [-0.4, -0.2) is 50.6 Å². The van der Waals surface area contributed by atoms with Gasteiger partial charge < -0.3 is 20.1 Å². The molecule has 20 heavy (non-hydrogen) atoms. The van der Waals surface area contributed by atoms with E-state index in [1.54, 1.807) is 0 Å². The Morgan fingerprint density at radius 2 is 1.25 bits per heavy atom. The summed E-state index contributed by atoms with van der Waals surface area (Å²) < 4.78 is 11.0. The average molecular weight is 280 g/mol. The minimum absolute atomic E-state index is 0.556. The fourth-order valence-corrected chi connectivity index (χ4v) is 3.75. The van der Waals surface area contributed by atoms with Crippen molar-refractivity contribution in [1.29, 1.82) is 0 Å². The van der Waals surface area contributed by atoms with E-state index in [-0.39, 0.29) is 0 Å². The van der Waals surface area contributed by atoms with E-state index < -0.39 is 0 Å². The van der Waals surface area contributed by atoms with Gasteiger partial charge in [0.2, 0.25) is 0 Å². The topological polar surface area (TPSA) is 68.9 Å². The third-order valence-electron chi connectivity index (χ3n) is 5.58. The van der Waals surface area contributed by atoms with E-state index in [1.807, 2.05) is 0 Å². The van der Waals surface area contributed by atoms with Crippen LogP contribution in [0.25, 0.3) is 0 Å². The molecule has 5 unspecified atom stereocenters. The minimum atomic E-state index is 0.556. The van der Waals surface area contributed by atoms with Gasteiger partial charge in [-0.15, -0.1) is 0 Å². The van der Waals surface area contributed by atoms with Gasteiger partial charge in [0.1, 0.15) is 0 Å². The Morgan fingerprint density at radius 1 is 0.850 bits per heavy atom. The van der Waals surface area contributed by atoms with E-state index in [4.69, 9.17) is 9.47 Å². The van der Waals surface area contributed by atoms with Gasteiger partial charge in [-0.25, -0.2) is 0 Å². The van der Waals surface area contributed by atoms with Crippen molar-refractivity contribution in [3.8, 4) is 0 Å². The summed E-state index contributed by atoms with van der Waals surface area (Å²) >= 11 is 0. The fourth-order valence-electron chi connectivity index (χ4n) is 3.75. The maximum atomic E-state index is 5.49. The van der Waals surface area contributed by atoms with Crippen LogP contribution in [0.3, 0.4) is 0 Å². The fraction of sp³-hybridized carbons (Fsp3) is 1.00. The zero-order chi connectivity index (χ0) is 13.5. The molecule has 4 aliphatic rings. The van der Waals surface area contributed by atoms with Crippen molar-refractivity contribution in [2.45, 2.75) is 56.9 Å². The summed E-state index contributed by atoms with van der Waals surface area (Å²) in [7, 11) is 0. The highest BCUT2D eigenvalue weighted by Gasteiger charge is 2.39. The molecule has 0 aliphatic carbocycles. The SMILES string of the molecule is CC(C(CC1CN1)CC1CN1)C(CC1CO1)CC1CO1. The van der Waals surface area contributed by atoms with Crippen molar-refractivity contribution in [1.82, 2.24) is 10.6 Å². The second-order valence-corrected chi connectivity index (χ2v) is 7.44. The van der Waals surface area contributed by atoms with Crippen LogP contribution in [0.1, 0.15) is 32.6 Å². The Hall–Kier alpha value is -0.160. The molecule has 4 rings (SSSR count). The highest BCUT2D eigenvalue weighted by atomic mass is 16.6. The maximum absolute atomic E-state index is 5.49. The Labute approximate surface area is 122 Å². The number of nitrogens with one attached hydrogen (secondary N) is 2. The largest absolute Gasteiger partial charge is 0.373 e. The molecule has 0 spiro atoms. The van der Waals surface area contributed by atoms with E-state index >= 15 is 0 Å². The molecule has 5 atom stereocenters. The summed E-state index contributed by atoms with van der Waals surface area (Å²) in [4.78, 5) is 0. The Morgan fingerprint density at radius 3 is 1.60 bits per heavy atom. The van der Waals surface area contributed by atoms with Crippen molar-refractivity contribution < 1.29 is 9.47 Å². The lowest BCUT2D eigenvalue weighted by Gasteiger charge is -2.31. The first kappa shape index (κ1) is 13.5. The van der Waals surface area contributed by atoms with Crippen LogP contribution in [-0.2, 0) is 9.47 Å². The first-order chi connectivity index (χ1) is 9.78. The maximum Gasteiger partial charge on any atom is 0.0812 e. The summed E-state index contributed by atoms with van der Waals surface area (Å²) in [6.45, 7) is 6.96. The molecule has 0 radical (unpaired) electrons. The summed E-state index contributed by atoms with van der Waals surface area (Å²) in [5.41, 5.74) is 0. The van der Waals surface area contributed by atoms with Gasteiger partial charge in [0.15, 0.2) is 0 Å². The average Bonchev–Trinajstić information content (AvgIpc) is 3.24. The lowest BCUT2D eigenvalue weighted by molar-refractivity contribution is 0.176. The second kappa shape index (κ2) is 5.56. The Kier molecular flexibility index (Phi) is 3.75. The van der Waals surface area contributed by atoms with Crippen LogP contribution in [0.2, 0.25) is 0 Å². The molecule has 4 aliphatic heterocycles. The summed E-state index contributed by atoms with van der Waals surface area (Å²) in [6, 6.07) is 1.60. The lowest BCUT2D eigenvalue weighted by atomic mass is 9.74. The van der Waals surface area contributed by atoms with Crippen LogP contribution in [0.15, 0.2) is 0 Å². The molecule has 0 aromatic rings. The molecule has 4 saturated heterocycles. The first-order valence-corrected chi connectivity index (χ1v) is 8.48. The number of hydrogen-bond donors (Lipinski definition) is 2. The number of ether oxygens (including phenoxy) is 2. The van der Waals surface area contributed by atoms with Crippen molar-refractivity contribution in [2.75, 3.05) is 26.3 Å². The molecule has 4 heterocycles. The molecule has 4 heteroatoms. The highest BCUT2D eigenvalue weighted by molar-refractivity contribution is 4.94. The third-order valence-corrected chi connectivity index (χ3v) is 5.58. The standard InChI is InChI=1S/C16H28N2O2/c1-10(11(2-13-6-17-13)3-14-7-18-14)12(4-15-8-19-15)5-16-9-20-16/h10-18H,2-9H2,1H3. The van der Waals surface area contributed by atoms with E-state index in [0.717, 1.165) is 43.1 Å². The summed E-state index contributed by atoms with van der Waals surface area (Å²) in [5, 5.41) is 6.98. The zero-order valence-corrected chi connectivity index (χ0v) is 12.5. The second-order valence-electron chi connectivity index (χ2n) is 7.44. The molecule has 4 fully saturated rings. The van der Waals surface area contributed by atoms with Crippen molar-refractivity contribution in [3.05, 3.63) is 0 Å². The van der Waals surface area contributed by atoms with Crippen LogP contribution in [0, 0.1) is 17.8 Å². The van der Waals surface area contributed by atoms with E-state index in [2.05, 4.69) is 17.6 Å². The van der Waals surface area contributed by atoms with E-state index in [0.29, 0.717) is 12.2 Å². The van der Waals surface area contributed by atoms with Gasteiger partial charge >= 0.3 is 0 Å². The van der Waals surface area contributed by atoms with Crippen LogP contribution in [0.5, 0.6) is 0 Å². The Balaban J connectivity index is 1.36. The van der Waals surface area contributed by atoms with Crippen LogP contribution < -0.4 is 10.6 Å². The molecule has 0 bridgehead atoms. The van der Waals surface area contributed by atoms with E-state index in [1.165, 1.54) is 38.8 Å². The molecular weight excluding hydrogens is 252 g/mol. The molecule has 0 aromatic heterocycles. The molecule has 0 saturated carbocycles. The predicted molar refractivity (Wildman–Crippen MR) is 77.7 cm³/mol. The lowest BCUT2D eigenvalue weighted by Crippen LogP contribution is -2.27. The normalized spacial score (nSPS) is 41.9. The van der Waals surface area contributed by atoms with Gasteiger partial charge in [0.25, 0.3) is 0 Å². The van der Waals surface area contributed by atoms with E-state index in [9.17, 15) is 0 Å². The monoisotopic (exact) mass is 280 g/mol. The predicted octanol–water partition coefficient (Wildman–Crippen LogP) is 1.16.